The van der Waals surface area contributed by atoms with Gasteiger partial charge in [0.2, 0.25) is 5.91 Å². The SMILES string of the molecule is CCOc1ccc(NC(=O)NCC(=O)Nc2cccc(F)c2)cc1. The first-order valence-corrected chi connectivity index (χ1v) is 7.40. The number of anilines is 2. The van der Waals surface area contributed by atoms with Gasteiger partial charge in [-0.15, -0.1) is 0 Å². The van der Waals surface area contributed by atoms with E-state index in [0.717, 1.165) is 0 Å². The van der Waals surface area contributed by atoms with Crippen molar-refractivity contribution in [1.29, 1.82) is 0 Å². The van der Waals surface area contributed by atoms with Crippen LogP contribution in [0.3, 0.4) is 0 Å². The molecule has 2 rings (SSSR count). The molecule has 0 aromatic heterocycles. The number of nitrogens with one attached hydrogen (secondary N) is 3. The second-order valence-corrected chi connectivity index (χ2v) is 4.82. The lowest BCUT2D eigenvalue weighted by molar-refractivity contribution is -0.115. The van der Waals surface area contributed by atoms with Crippen molar-refractivity contribution in [1.82, 2.24) is 5.32 Å². The Bertz CT molecular complexity index is 704. The van der Waals surface area contributed by atoms with E-state index in [1.807, 2.05) is 6.92 Å². The van der Waals surface area contributed by atoms with Crippen molar-refractivity contribution in [2.45, 2.75) is 6.92 Å². The van der Waals surface area contributed by atoms with Crippen LogP contribution in [-0.4, -0.2) is 25.1 Å². The van der Waals surface area contributed by atoms with Crippen LogP contribution in [0, 0.1) is 5.82 Å². The molecule has 126 valence electrons. The number of halogens is 1. The van der Waals surface area contributed by atoms with Gasteiger partial charge < -0.3 is 20.7 Å². The Labute approximate surface area is 139 Å². The van der Waals surface area contributed by atoms with E-state index in [4.69, 9.17) is 4.74 Å². The predicted octanol–water partition coefficient (Wildman–Crippen LogP) is 2.98. The molecule has 0 spiro atoms. The van der Waals surface area contributed by atoms with Crippen LogP contribution in [0.5, 0.6) is 5.75 Å². The maximum atomic E-state index is 13.0. The van der Waals surface area contributed by atoms with Crippen molar-refractivity contribution < 1.29 is 18.7 Å². The minimum Gasteiger partial charge on any atom is -0.494 e. The number of hydrogen-bond acceptors (Lipinski definition) is 3. The van der Waals surface area contributed by atoms with Gasteiger partial charge in [0.1, 0.15) is 11.6 Å². The summed E-state index contributed by atoms with van der Waals surface area (Å²) in [6.45, 7) is 2.21. The molecule has 3 amide bonds. The standard InChI is InChI=1S/C17H18FN3O3/c1-2-24-15-8-6-13(7-9-15)21-17(23)19-11-16(22)20-14-5-3-4-12(18)10-14/h3-10H,2,11H2,1H3,(H,20,22)(H2,19,21,23). The van der Waals surface area contributed by atoms with Crippen molar-refractivity contribution in [2.75, 3.05) is 23.8 Å². The van der Waals surface area contributed by atoms with E-state index in [2.05, 4.69) is 16.0 Å². The molecule has 0 unspecified atom stereocenters. The normalized spacial score (nSPS) is 9.92. The molecular formula is C17H18FN3O3. The lowest BCUT2D eigenvalue weighted by Crippen LogP contribution is -2.35. The molecule has 0 radical (unpaired) electrons. The Kier molecular flexibility index (Phi) is 6.13. The van der Waals surface area contributed by atoms with Gasteiger partial charge in [0, 0.05) is 11.4 Å². The number of urea groups is 1. The molecule has 0 aliphatic rings. The Hall–Kier alpha value is -3.09. The number of carbonyl (C=O) groups is 2. The summed E-state index contributed by atoms with van der Waals surface area (Å²) < 4.78 is 18.3. The molecule has 0 bridgehead atoms. The van der Waals surface area contributed by atoms with Gasteiger partial charge in [-0.2, -0.15) is 0 Å². The van der Waals surface area contributed by atoms with Crippen LogP contribution in [0.1, 0.15) is 6.92 Å². The number of amides is 3. The summed E-state index contributed by atoms with van der Waals surface area (Å²) in [6, 6.07) is 11.8. The van der Waals surface area contributed by atoms with Crippen LogP contribution < -0.4 is 20.7 Å². The molecule has 2 aromatic rings. The second kappa shape index (κ2) is 8.52. The summed E-state index contributed by atoms with van der Waals surface area (Å²) in [4.78, 5) is 23.4. The van der Waals surface area contributed by atoms with Gasteiger partial charge in [0.15, 0.2) is 0 Å². The average molecular weight is 331 g/mol. The quantitative estimate of drug-likeness (QED) is 0.761. The second-order valence-electron chi connectivity index (χ2n) is 4.82. The lowest BCUT2D eigenvalue weighted by Gasteiger charge is -2.09. The van der Waals surface area contributed by atoms with Gasteiger partial charge in [0.25, 0.3) is 0 Å². The van der Waals surface area contributed by atoms with E-state index in [9.17, 15) is 14.0 Å². The molecule has 0 heterocycles. The number of ether oxygens (including phenoxy) is 1. The summed E-state index contributed by atoms with van der Waals surface area (Å²) in [6.07, 6.45) is 0. The van der Waals surface area contributed by atoms with Crippen LogP contribution in [0.4, 0.5) is 20.6 Å². The minimum atomic E-state index is -0.520. The molecule has 24 heavy (non-hydrogen) atoms. The smallest absolute Gasteiger partial charge is 0.319 e. The number of rotatable bonds is 6. The third kappa shape index (κ3) is 5.60. The molecule has 3 N–H and O–H groups in total. The Morgan fingerprint density at radius 3 is 2.46 bits per heavy atom. The van der Waals surface area contributed by atoms with Crippen LogP contribution in [-0.2, 0) is 4.79 Å². The third-order valence-electron chi connectivity index (χ3n) is 2.94. The zero-order valence-electron chi connectivity index (χ0n) is 13.1. The Morgan fingerprint density at radius 2 is 1.79 bits per heavy atom. The summed E-state index contributed by atoms with van der Waals surface area (Å²) in [7, 11) is 0. The molecule has 0 aliphatic heterocycles. The number of benzene rings is 2. The molecule has 7 heteroatoms. The van der Waals surface area contributed by atoms with Crippen molar-refractivity contribution in [2.24, 2.45) is 0 Å². The van der Waals surface area contributed by atoms with Gasteiger partial charge in [-0.05, 0) is 49.4 Å². The molecule has 0 saturated carbocycles. The highest BCUT2D eigenvalue weighted by Gasteiger charge is 2.07. The van der Waals surface area contributed by atoms with Crippen molar-refractivity contribution in [3.63, 3.8) is 0 Å². The van der Waals surface area contributed by atoms with Crippen LogP contribution in [0.25, 0.3) is 0 Å². The molecular weight excluding hydrogens is 313 g/mol. The van der Waals surface area contributed by atoms with E-state index < -0.39 is 17.8 Å². The number of hydrogen-bond donors (Lipinski definition) is 3. The maximum Gasteiger partial charge on any atom is 0.319 e. The predicted molar refractivity (Wildman–Crippen MR) is 89.7 cm³/mol. The van der Waals surface area contributed by atoms with E-state index in [-0.39, 0.29) is 6.54 Å². The summed E-state index contributed by atoms with van der Waals surface area (Å²) in [5.74, 6) is -0.200. The number of carbonyl (C=O) groups excluding carboxylic acids is 2. The fraction of sp³-hybridized carbons (Fsp3) is 0.176. The van der Waals surface area contributed by atoms with E-state index in [1.54, 1.807) is 30.3 Å². The van der Waals surface area contributed by atoms with Crippen molar-refractivity contribution >= 4 is 23.3 Å². The van der Waals surface area contributed by atoms with Gasteiger partial charge >= 0.3 is 6.03 Å². The maximum absolute atomic E-state index is 13.0. The van der Waals surface area contributed by atoms with Crippen molar-refractivity contribution in [3.05, 3.63) is 54.3 Å². The fourth-order valence-electron chi connectivity index (χ4n) is 1.91. The van der Waals surface area contributed by atoms with Crippen LogP contribution >= 0.6 is 0 Å². The fourth-order valence-corrected chi connectivity index (χ4v) is 1.91. The highest BCUT2D eigenvalue weighted by molar-refractivity contribution is 5.96. The largest absolute Gasteiger partial charge is 0.494 e. The van der Waals surface area contributed by atoms with Crippen LogP contribution in [0.2, 0.25) is 0 Å². The molecule has 0 fully saturated rings. The third-order valence-corrected chi connectivity index (χ3v) is 2.94. The first-order valence-electron chi connectivity index (χ1n) is 7.40. The molecule has 6 nitrogen and oxygen atoms in total. The van der Waals surface area contributed by atoms with Gasteiger partial charge in [-0.3, -0.25) is 4.79 Å². The monoisotopic (exact) mass is 331 g/mol. The van der Waals surface area contributed by atoms with E-state index in [1.165, 1.54) is 18.2 Å². The van der Waals surface area contributed by atoms with E-state index >= 15 is 0 Å². The average Bonchev–Trinajstić information content (AvgIpc) is 2.55. The summed E-state index contributed by atoms with van der Waals surface area (Å²) >= 11 is 0. The molecule has 0 saturated heterocycles. The first kappa shape index (κ1) is 17.3. The summed E-state index contributed by atoms with van der Waals surface area (Å²) in [5.41, 5.74) is 0.898. The highest BCUT2D eigenvalue weighted by Crippen LogP contribution is 2.15. The van der Waals surface area contributed by atoms with Crippen molar-refractivity contribution in [3.8, 4) is 5.75 Å². The molecule has 2 aromatic carbocycles. The van der Waals surface area contributed by atoms with Gasteiger partial charge in [-0.1, -0.05) is 6.07 Å². The summed E-state index contributed by atoms with van der Waals surface area (Å²) in [5, 5.41) is 7.50. The zero-order chi connectivity index (χ0) is 17.4. The zero-order valence-corrected chi connectivity index (χ0v) is 13.1. The van der Waals surface area contributed by atoms with Gasteiger partial charge in [0.05, 0.1) is 13.2 Å². The van der Waals surface area contributed by atoms with Crippen LogP contribution in [0.15, 0.2) is 48.5 Å². The highest BCUT2D eigenvalue weighted by atomic mass is 19.1. The van der Waals surface area contributed by atoms with Gasteiger partial charge in [-0.25, -0.2) is 9.18 Å². The minimum absolute atomic E-state index is 0.237. The Morgan fingerprint density at radius 1 is 1.04 bits per heavy atom. The topological polar surface area (TPSA) is 79.5 Å². The lowest BCUT2D eigenvalue weighted by atomic mass is 10.3. The molecule has 0 atom stereocenters. The molecule has 0 aliphatic carbocycles. The van der Waals surface area contributed by atoms with E-state index in [0.29, 0.717) is 23.7 Å². The first-order chi connectivity index (χ1) is 11.6. The Balaban J connectivity index is 1.77.